The molecule has 0 spiro atoms. The van der Waals surface area contributed by atoms with Crippen LogP contribution in [-0.4, -0.2) is 50.0 Å². The van der Waals surface area contributed by atoms with Crippen molar-refractivity contribution in [2.75, 3.05) is 6.54 Å². The first-order valence-corrected chi connectivity index (χ1v) is 8.70. The Bertz CT molecular complexity index is 971. The van der Waals surface area contributed by atoms with Crippen molar-refractivity contribution in [1.29, 1.82) is 0 Å². The molecule has 2 aromatic carbocycles. The molecule has 1 unspecified atom stereocenters. The summed E-state index contributed by atoms with van der Waals surface area (Å²) in [5.41, 5.74) is 5.39. The van der Waals surface area contributed by atoms with Gasteiger partial charge in [-0.2, -0.15) is 0 Å². The number of aliphatic hydroxyl groups is 1. The molecule has 0 saturated heterocycles. The van der Waals surface area contributed by atoms with Crippen LogP contribution >= 0.6 is 0 Å². The van der Waals surface area contributed by atoms with E-state index in [1.807, 2.05) is 54.6 Å². The van der Waals surface area contributed by atoms with Gasteiger partial charge >= 0.3 is 11.9 Å². The fraction of sp³-hybridized carbons (Fsp3) is 0.150. The third kappa shape index (κ3) is 5.18. The molecule has 3 rings (SSSR count). The lowest BCUT2D eigenvalue weighted by molar-refractivity contribution is -0.146. The summed E-state index contributed by atoms with van der Waals surface area (Å²) in [5, 5.41) is 31.9. The van der Waals surface area contributed by atoms with Crippen LogP contribution in [0.1, 0.15) is 16.1 Å². The Morgan fingerprint density at radius 1 is 1.07 bits per heavy atom. The third-order valence-electron chi connectivity index (χ3n) is 4.12. The van der Waals surface area contributed by atoms with Crippen LogP contribution in [0.2, 0.25) is 0 Å². The number of hydrogen-bond donors (Lipinski definition) is 4. The van der Waals surface area contributed by atoms with Crippen molar-refractivity contribution in [3.05, 3.63) is 72.0 Å². The van der Waals surface area contributed by atoms with Gasteiger partial charge in [0.15, 0.2) is 6.10 Å². The second kappa shape index (κ2) is 9.00. The van der Waals surface area contributed by atoms with Crippen molar-refractivity contribution in [1.82, 2.24) is 15.6 Å². The van der Waals surface area contributed by atoms with Gasteiger partial charge in [0.1, 0.15) is 0 Å². The van der Waals surface area contributed by atoms with E-state index in [-0.39, 0.29) is 12.3 Å². The highest BCUT2D eigenvalue weighted by atomic mass is 16.5. The molecule has 0 radical (unpaired) electrons. The molecule has 1 amide bonds. The van der Waals surface area contributed by atoms with Gasteiger partial charge in [0.05, 0.1) is 19.2 Å². The van der Waals surface area contributed by atoms with Gasteiger partial charge in [-0.3, -0.25) is 9.80 Å². The van der Waals surface area contributed by atoms with Crippen LogP contribution in [0.15, 0.2) is 65.2 Å². The van der Waals surface area contributed by atoms with Crippen LogP contribution in [0, 0.1) is 0 Å². The molecule has 9 heteroatoms. The first-order valence-electron chi connectivity index (χ1n) is 8.70. The van der Waals surface area contributed by atoms with Crippen molar-refractivity contribution in [2.45, 2.75) is 12.6 Å². The Labute approximate surface area is 165 Å². The minimum atomic E-state index is -1.70. The number of rotatable bonds is 8. The van der Waals surface area contributed by atoms with E-state index in [1.54, 1.807) is 0 Å². The zero-order chi connectivity index (χ0) is 20.8. The number of aromatic nitrogens is 1. The maximum Gasteiger partial charge on any atom is 0.333 e. The highest BCUT2D eigenvalue weighted by Crippen LogP contribution is 2.20. The number of nitrogens with one attached hydrogen (secondary N) is 1. The van der Waals surface area contributed by atoms with Gasteiger partial charge in [-0.05, 0) is 21.8 Å². The number of carboxylic acid groups (broad SMARTS) is 1. The van der Waals surface area contributed by atoms with Crippen molar-refractivity contribution in [2.24, 2.45) is 0 Å². The lowest BCUT2D eigenvalue weighted by Gasteiger charge is -2.23. The van der Waals surface area contributed by atoms with E-state index < -0.39 is 30.4 Å². The summed E-state index contributed by atoms with van der Waals surface area (Å²) in [7, 11) is 0. The number of benzene rings is 2. The Morgan fingerprint density at radius 2 is 1.72 bits per heavy atom. The summed E-state index contributed by atoms with van der Waals surface area (Å²) in [5.74, 6) is -2.79. The van der Waals surface area contributed by atoms with Crippen LogP contribution in [0.3, 0.4) is 0 Å². The van der Waals surface area contributed by atoms with E-state index in [0.29, 0.717) is 0 Å². The molecule has 29 heavy (non-hydrogen) atoms. The van der Waals surface area contributed by atoms with Crippen LogP contribution in [0.25, 0.3) is 11.1 Å². The van der Waals surface area contributed by atoms with E-state index in [1.165, 1.54) is 0 Å². The summed E-state index contributed by atoms with van der Waals surface area (Å²) in [6, 6.07) is 18.3. The predicted molar refractivity (Wildman–Crippen MR) is 102 cm³/mol. The minimum absolute atomic E-state index is 0.0572. The fourth-order valence-electron chi connectivity index (χ4n) is 2.60. The monoisotopic (exact) mass is 397 g/mol. The average molecular weight is 397 g/mol. The highest BCUT2D eigenvalue weighted by Gasteiger charge is 2.23. The fourth-order valence-corrected chi connectivity index (χ4v) is 2.60. The Morgan fingerprint density at radius 3 is 2.31 bits per heavy atom. The number of carboxylic acids is 1. The third-order valence-corrected chi connectivity index (χ3v) is 4.12. The largest absolute Gasteiger partial charge is 0.491 e. The summed E-state index contributed by atoms with van der Waals surface area (Å²) in [6.07, 6.45) is -1.70. The number of aromatic hydroxyl groups is 1. The van der Waals surface area contributed by atoms with Crippen molar-refractivity contribution in [3.63, 3.8) is 0 Å². The number of amides is 1. The Hall–Kier alpha value is -3.69. The quantitative estimate of drug-likeness (QED) is 0.421. The SMILES string of the molecule is O=C(O)C(O)CNN(Cc1ccc(-c2ccccc2)cc1)C(=O)c1cc(O)no1. The maximum absolute atomic E-state index is 12.6. The van der Waals surface area contributed by atoms with Crippen LogP contribution in [0.5, 0.6) is 5.88 Å². The molecule has 1 aromatic heterocycles. The number of carbonyl (C=O) groups excluding carboxylic acids is 1. The van der Waals surface area contributed by atoms with Gasteiger partial charge < -0.3 is 19.8 Å². The van der Waals surface area contributed by atoms with Crippen LogP contribution in [-0.2, 0) is 11.3 Å². The topological polar surface area (TPSA) is 136 Å². The summed E-state index contributed by atoms with van der Waals surface area (Å²) in [4.78, 5) is 23.5. The van der Waals surface area contributed by atoms with E-state index in [9.17, 15) is 19.8 Å². The molecule has 0 aliphatic heterocycles. The van der Waals surface area contributed by atoms with Crippen LogP contribution in [0.4, 0.5) is 0 Å². The number of aliphatic hydroxyl groups excluding tert-OH is 1. The number of hydrogen-bond acceptors (Lipinski definition) is 7. The second-order valence-electron chi connectivity index (χ2n) is 6.22. The molecule has 1 atom stereocenters. The van der Waals surface area contributed by atoms with Gasteiger partial charge in [-0.1, -0.05) is 54.6 Å². The molecular weight excluding hydrogens is 378 g/mol. The number of aliphatic carboxylic acids is 1. The molecule has 9 nitrogen and oxygen atoms in total. The van der Waals surface area contributed by atoms with Crippen molar-refractivity contribution in [3.8, 4) is 17.0 Å². The smallest absolute Gasteiger partial charge is 0.333 e. The second-order valence-corrected chi connectivity index (χ2v) is 6.22. The molecule has 150 valence electrons. The molecule has 4 N–H and O–H groups in total. The van der Waals surface area contributed by atoms with Crippen LogP contribution < -0.4 is 5.43 Å². The normalized spacial score (nSPS) is 11.8. The highest BCUT2D eigenvalue weighted by molar-refractivity contribution is 5.91. The van der Waals surface area contributed by atoms with Crippen molar-refractivity contribution < 1.29 is 29.4 Å². The first kappa shape index (κ1) is 20.1. The summed E-state index contributed by atoms with van der Waals surface area (Å²) < 4.78 is 4.77. The molecule has 3 aromatic rings. The Kier molecular flexibility index (Phi) is 6.22. The molecule has 0 aliphatic rings. The number of carbonyl (C=O) groups is 2. The van der Waals surface area contributed by atoms with Crippen molar-refractivity contribution >= 4 is 11.9 Å². The summed E-state index contributed by atoms with van der Waals surface area (Å²) in [6.45, 7) is -0.342. The van der Waals surface area contributed by atoms with Gasteiger partial charge in [-0.15, -0.1) is 0 Å². The van der Waals surface area contributed by atoms with E-state index in [2.05, 4.69) is 10.6 Å². The first-order chi connectivity index (χ1) is 13.9. The minimum Gasteiger partial charge on any atom is -0.491 e. The number of hydrazine groups is 1. The zero-order valence-corrected chi connectivity index (χ0v) is 15.2. The van der Waals surface area contributed by atoms with E-state index >= 15 is 0 Å². The Balaban J connectivity index is 1.76. The average Bonchev–Trinajstić information content (AvgIpc) is 3.17. The number of nitrogens with zero attached hydrogens (tertiary/aromatic N) is 2. The lowest BCUT2D eigenvalue weighted by atomic mass is 10.0. The molecule has 0 fully saturated rings. The van der Waals surface area contributed by atoms with E-state index in [0.717, 1.165) is 27.8 Å². The van der Waals surface area contributed by atoms with Gasteiger partial charge in [0.2, 0.25) is 5.76 Å². The predicted octanol–water partition coefficient (Wildman–Crippen LogP) is 1.64. The molecular formula is C20H19N3O6. The molecule has 0 aliphatic carbocycles. The van der Waals surface area contributed by atoms with Gasteiger partial charge in [-0.25, -0.2) is 10.2 Å². The standard InChI is InChI=1S/C20H19N3O6/c24-16(20(27)28)11-21-23(19(26)17-10-18(25)22-29-17)12-13-6-8-15(9-7-13)14-4-2-1-3-5-14/h1-10,16,21,24H,11-12H2,(H,22,25)(H,27,28). The maximum atomic E-state index is 12.6. The lowest BCUT2D eigenvalue weighted by Crippen LogP contribution is -2.47. The van der Waals surface area contributed by atoms with Gasteiger partial charge in [0.25, 0.3) is 5.88 Å². The zero-order valence-electron chi connectivity index (χ0n) is 15.2. The molecule has 0 bridgehead atoms. The van der Waals surface area contributed by atoms with Gasteiger partial charge in [0, 0.05) is 0 Å². The summed E-state index contributed by atoms with van der Waals surface area (Å²) >= 11 is 0. The molecule has 0 saturated carbocycles. The molecule has 1 heterocycles. The van der Waals surface area contributed by atoms with E-state index in [4.69, 9.17) is 9.63 Å².